The summed E-state index contributed by atoms with van der Waals surface area (Å²) in [6.07, 6.45) is 0. The number of rotatable bonds is 0. The highest BCUT2D eigenvalue weighted by Gasteiger charge is 2.00. The smallest absolute Gasteiger partial charge is 0.253 e. The van der Waals surface area contributed by atoms with E-state index >= 15 is 0 Å². The molecule has 0 saturated carbocycles. The lowest BCUT2D eigenvalue weighted by molar-refractivity contribution is 0.731. The van der Waals surface area contributed by atoms with Crippen LogP contribution in [-0.2, 0) is 3.87 Å². The van der Waals surface area contributed by atoms with Gasteiger partial charge in [-0.05, 0) is 9.83 Å². The van der Waals surface area contributed by atoms with Crippen LogP contribution < -0.4 is 0 Å². The molecule has 1 saturated heterocycles. The van der Waals surface area contributed by atoms with Gasteiger partial charge in [0.2, 0.25) is 0 Å². The van der Waals surface area contributed by atoms with Gasteiger partial charge in [-0.25, -0.2) is 0 Å². The topological polar surface area (TPSA) is 9.23 Å². The molecule has 6 heteroatoms. The SMILES string of the molecule is O1[SiH2]SSSS1. The van der Waals surface area contributed by atoms with Crippen molar-refractivity contribution in [2.45, 2.75) is 0 Å². The van der Waals surface area contributed by atoms with Crippen molar-refractivity contribution < 1.29 is 3.87 Å². The molecule has 0 aliphatic carbocycles. The Hall–Kier alpha value is 1.58. The van der Waals surface area contributed by atoms with E-state index in [4.69, 9.17) is 3.87 Å². The van der Waals surface area contributed by atoms with E-state index in [1.54, 1.807) is 9.83 Å². The van der Waals surface area contributed by atoms with E-state index in [0.29, 0.717) is 0 Å². The van der Waals surface area contributed by atoms with Crippen LogP contribution in [0.4, 0.5) is 0 Å². The van der Waals surface area contributed by atoms with Gasteiger partial charge in [0.15, 0.2) is 0 Å². The minimum Gasteiger partial charge on any atom is -0.342 e. The zero-order valence-electron chi connectivity index (χ0n) is 2.75. The van der Waals surface area contributed by atoms with Crippen LogP contribution in [0.25, 0.3) is 0 Å². The van der Waals surface area contributed by atoms with Crippen LogP contribution in [0.15, 0.2) is 0 Å². The lowest BCUT2D eigenvalue weighted by Crippen LogP contribution is -1.80. The Labute approximate surface area is 53.7 Å². The Morgan fingerprint density at radius 1 is 1.33 bits per heavy atom. The van der Waals surface area contributed by atoms with Gasteiger partial charge in [0.05, 0.1) is 11.1 Å². The van der Waals surface area contributed by atoms with Crippen molar-refractivity contribution in [1.82, 2.24) is 0 Å². The molecule has 0 spiro atoms. The van der Waals surface area contributed by atoms with Gasteiger partial charge in [0.1, 0.15) is 0 Å². The molecule has 1 fully saturated rings. The average Bonchev–Trinajstić information content (AvgIpc) is 1.72. The minimum absolute atomic E-state index is 0.170. The van der Waals surface area contributed by atoms with Gasteiger partial charge in [-0.2, -0.15) is 0 Å². The van der Waals surface area contributed by atoms with Crippen molar-refractivity contribution >= 4 is 49.9 Å². The lowest BCUT2D eigenvalue weighted by atomic mass is 15.9. The maximum absolute atomic E-state index is 5.03. The molecule has 0 amide bonds. The van der Waals surface area contributed by atoms with Crippen LogP contribution >= 0.6 is 41.0 Å². The summed E-state index contributed by atoms with van der Waals surface area (Å²) in [6, 6.07) is 0. The highest BCUT2D eigenvalue weighted by atomic mass is 33.7. The molecule has 1 rings (SSSR count). The molecule has 36 valence electrons. The summed E-state index contributed by atoms with van der Waals surface area (Å²) < 4.78 is 5.03. The first-order chi connectivity index (χ1) is 3.00. The quantitative estimate of drug-likeness (QED) is 0.312. The zero-order chi connectivity index (χ0) is 4.24. The number of hydrogen-bond acceptors (Lipinski definition) is 5. The molecule has 0 bridgehead atoms. The first kappa shape index (κ1) is 5.71. The fraction of sp³-hybridized carbons (Fsp3) is 0. The standard InChI is InChI=1S/H2OS4Si/c1-2-3-4-5-6-1/h6H2. The normalized spacial score (nSPS) is 28.0. The molecule has 0 N–H and O–H groups in total. The molecule has 1 aliphatic rings. The van der Waals surface area contributed by atoms with E-state index in [0.717, 1.165) is 0 Å². The summed E-state index contributed by atoms with van der Waals surface area (Å²) in [6.45, 7) is 0. The molecule has 0 aromatic heterocycles. The fourth-order valence-electron chi connectivity index (χ4n) is 0.110. The highest BCUT2D eigenvalue weighted by Crippen LogP contribution is 2.47. The summed E-state index contributed by atoms with van der Waals surface area (Å²) in [4.78, 5) is 0. The Morgan fingerprint density at radius 2 is 2.33 bits per heavy atom. The van der Waals surface area contributed by atoms with Crippen LogP contribution in [0, 0.1) is 0 Å². The van der Waals surface area contributed by atoms with Gasteiger partial charge in [0, 0.05) is 9.83 Å². The van der Waals surface area contributed by atoms with Crippen molar-refractivity contribution in [2.75, 3.05) is 0 Å². The summed E-state index contributed by atoms with van der Waals surface area (Å²) in [7, 11) is 5.23. The van der Waals surface area contributed by atoms with Crippen LogP contribution in [-0.4, -0.2) is 8.91 Å². The third-order valence-corrected chi connectivity index (χ3v) is 10.8. The van der Waals surface area contributed by atoms with E-state index in [1.165, 1.54) is 11.1 Å². The van der Waals surface area contributed by atoms with Gasteiger partial charge in [-0.1, -0.05) is 10.2 Å². The Kier molecular flexibility index (Phi) is 3.39. The summed E-state index contributed by atoms with van der Waals surface area (Å²) in [5.74, 6) is 0. The molecule has 1 nitrogen and oxygen atoms in total. The average molecular weight is 174 g/mol. The molecular formula is H2OS4Si. The van der Waals surface area contributed by atoms with E-state index < -0.39 is 0 Å². The Balaban J connectivity index is 2.00. The van der Waals surface area contributed by atoms with Gasteiger partial charge >= 0.3 is 0 Å². The molecular weight excluding hydrogens is 172 g/mol. The number of hydrogen-bond donors (Lipinski definition) is 0. The summed E-state index contributed by atoms with van der Waals surface area (Å²) in [5.41, 5.74) is 0. The van der Waals surface area contributed by atoms with Crippen molar-refractivity contribution in [3.8, 4) is 0 Å². The van der Waals surface area contributed by atoms with E-state index in [-0.39, 0.29) is 8.91 Å². The lowest BCUT2D eigenvalue weighted by Gasteiger charge is -2.03. The third-order valence-electron chi connectivity index (χ3n) is 0.248. The predicted molar refractivity (Wildman–Crippen MR) is 40.0 cm³/mol. The third kappa shape index (κ3) is 2.03. The van der Waals surface area contributed by atoms with Crippen molar-refractivity contribution in [1.29, 1.82) is 0 Å². The van der Waals surface area contributed by atoms with Crippen LogP contribution in [0.3, 0.4) is 0 Å². The molecule has 1 aliphatic heterocycles. The second kappa shape index (κ2) is 3.56. The molecule has 0 aromatic carbocycles. The Morgan fingerprint density at radius 3 is 2.50 bits per heavy atom. The monoisotopic (exact) mass is 174 g/mol. The zero-order valence-corrected chi connectivity index (χ0v) is 7.43. The van der Waals surface area contributed by atoms with Gasteiger partial charge in [-0.3, -0.25) is 0 Å². The molecule has 1 heterocycles. The highest BCUT2D eigenvalue weighted by molar-refractivity contribution is 9.29. The van der Waals surface area contributed by atoms with Crippen molar-refractivity contribution in [2.24, 2.45) is 0 Å². The fourth-order valence-corrected chi connectivity index (χ4v) is 12.1. The summed E-state index contributed by atoms with van der Waals surface area (Å²) in [5, 5.41) is 0. The van der Waals surface area contributed by atoms with Crippen molar-refractivity contribution in [3.05, 3.63) is 0 Å². The maximum atomic E-state index is 5.03. The van der Waals surface area contributed by atoms with Gasteiger partial charge in [0.25, 0.3) is 8.91 Å². The second-order valence-electron chi connectivity index (χ2n) is 0.558. The first-order valence-corrected chi connectivity index (χ1v) is 8.46. The van der Waals surface area contributed by atoms with Crippen LogP contribution in [0.5, 0.6) is 0 Å². The van der Waals surface area contributed by atoms with E-state index in [1.807, 2.05) is 20.1 Å². The molecule has 6 heavy (non-hydrogen) atoms. The molecule has 0 radical (unpaired) electrons. The molecule has 0 atom stereocenters. The first-order valence-electron chi connectivity index (χ1n) is 1.24. The van der Waals surface area contributed by atoms with E-state index in [2.05, 4.69) is 0 Å². The van der Waals surface area contributed by atoms with Crippen LogP contribution in [0.2, 0.25) is 0 Å². The predicted octanol–water partition coefficient (Wildman–Crippen LogP) is 1.61. The summed E-state index contributed by atoms with van der Waals surface area (Å²) >= 11 is 1.52. The maximum Gasteiger partial charge on any atom is 0.253 e. The minimum atomic E-state index is -0.170. The van der Waals surface area contributed by atoms with Gasteiger partial charge in [-0.15, -0.1) is 0 Å². The Bertz CT molecular complexity index is 23.0. The van der Waals surface area contributed by atoms with E-state index in [9.17, 15) is 0 Å². The van der Waals surface area contributed by atoms with Gasteiger partial charge < -0.3 is 3.87 Å². The van der Waals surface area contributed by atoms with Crippen LogP contribution in [0.1, 0.15) is 0 Å². The second-order valence-corrected chi connectivity index (χ2v) is 9.59. The van der Waals surface area contributed by atoms with Crippen molar-refractivity contribution in [3.63, 3.8) is 0 Å². The largest absolute Gasteiger partial charge is 0.342 e. The molecule has 0 unspecified atom stereocenters. The molecule has 0 aromatic rings.